The Kier molecular flexibility index (Phi) is 3.73. The van der Waals surface area contributed by atoms with E-state index in [9.17, 15) is 0 Å². The van der Waals surface area contributed by atoms with Crippen molar-refractivity contribution < 1.29 is 4.42 Å². The molecule has 0 saturated heterocycles. The van der Waals surface area contributed by atoms with Gasteiger partial charge >= 0.3 is 0 Å². The molecule has 1 heterocycles. The van der Waals surface area contributed by atoms with Gasteiger partial charge in [-0.2, -0.15) is 0 Å². The summed E-state index contributed by atoms with van der Waals surface area (Å²) in [6, 6.07) is 28.1. The van der Waals surface area contributed by atoms with Crippen molar-refractivity contribution in [3.63, 3.8) is 0 Å². The predicted molar refractivity (Wildman–Crippen MR) is 126 cm³/mol. The lowest BCUT2D eigenvalue weighted by atomic mass is 10.0. The minimum atomic E-state index is 0.924. The Morgan fingerprint density at radius 1 is 0.733 bits per heavy atom. The van der Waals surface area contributed by atoms with E-state index in [1.165, 1.54) is 49.7 Å². The molecule has 0 radical (unpaired) electrons. The highest BCUT2D eigenvalue weighted by Crippen LogP contribution is 2.48. The summed E-state index contributed by atoms with van der Waals surface area (Å²) in [5.41, 5.74) is 10.1. The maximum Gasteiger partial charge on any atom is 0.143 e. The van der Waals surface area contributed by atoms with Gasteiger partial charge in [-0.05, 0) is 59.4 Å². The summed E-state index contributed by atoms with van der Waals surface area (Å²) in [5.74, 6) is 1.93. The van der Waals surface area contributed by atoms with Crippen LogP contribution in [0.2, 0.25) is 0 Å². The minimum absolute atomic E-state index is 0.924. The van der Waals surface area contributed by atoms with Crippen molar-refractivity contribution >= 4 is 22.4 Å². The van der Waals surface area contributed by atoms with Crippen molar-refractivity contribution in [1.29, 1.82) is 0 Å². The van der Waals surface area contributed by atoms with E-state index in [1.54, 1.807) is 0 Å². The lowest BCUT2D eigenvalue weighted by Gasteiger charge is -2.11. The van der Waals surface area contributed by atoms with Gasteiger partial charge in [-0.1, -0.05) is 84.4 Å². The van der Waals surface area contributed by atoms with Crippen molar-refractivity contribution in [2.45, 2.75) is 20.3 Å². The third kappa shape index (κ3) is 2.55. The third-order valence-corrected chi connectivity index (χ3v) is 6.30. The smallest absolute Gasteiger partial charge is 0.143 e. The van der Waals surface area contributed by atoms with E-state index in [4.69, 9.17) is 4.42 Å². The van der Waals surface area contributed by atoms with E-state index >= 15 is 0 Å². The van der Waals surface area contributed by atoms with Gasteiger partial charge in [-0.15, -0.1) is 0 Å². The lowest BCUT2D eigenvalue weighted by Crippen LogP contribution is -1.90. The predicted octanol–water partition coefficient (Wildman–Crippen LogP) is 7.92. The average Bonchev–Trinajstić information content (AvgIpc) is 3.32. The first-order valence-electron chi connectivity index (χ1n) is 10.5. The Morgan fingerprint density at radius 2 is 1.43 bits per heavy atom. The second kappa shape index (κ2) is 6.47. The van der Waals surface area contributed by atoms with Crippen LogP contribution in [-0.4, -0.2) is 0 Å². The molecule has 2 aliphatic carbocycles. The maximum absolute atomic E-state index is 6.66. The van der Waals surface area contributed by atoms with Crippen molar-refractivity contribution in [2.24, 2.45) is 0 Å². The minimum Gasteiger partial charge on any atom is -0.455 e. The van der Waals surface area contributed by atoms with E-state index in [0.29, 0.717) is 0 Å². The Labute approximate surface area is 176 Å². The molecule has 0 aromatic heterocycles. The molecule has 0 fully saturated rings. The molecule has 3 aliphatic rings. The molecule has 0 unspecified atom stereocenters. The fourth-order valence-corrected chi connectivity index (χ4v) is 4.81. The Morgan fingerprint density at radius 3 is 2.20 bits per heavy atom. The number of aryl methyl sites for hydroxylation is 2. The van der Waals surface area contributed by atoms with Gasteiger partial charge in [0.2, 0.25) is 0 Å². The molecule has 1 aliphatic heterocycles. The van der Waals surface area contributed by atoms with Crippen LogP contribution in [0.4, 0.5) is 0 Å². The number of rotatable bonds is 2. The Balaban J connectivity index is 1.64. The first-order chi connectivity index (χ1) is 14.7. The molecular weight excluding hydrogens is 364 g/mol. The first-order valence-corrected chi connectivity index (χ1v) is 10.5. The van der Waals surface area contributed by atoms with Gasteiger partial charge in [0.15, 0.2) is 0 Å². The molecular formula is C29H22O. The molecule has 6 rings (SSSR count). The number of allylic oxidation sites excluding steroid dienone is 1. The molecule has 0 N–H and O–H groups in total. The van der Waals surface area contributed by atoms with Crippen LogP contribution in [-0.2, 0) is 6.42 Å². The highest BCUT2D eigenvalue weighted by molar-refractivity contribution is 6.13. The maximum atomic E-state index is 6.66. The van der Waals surface area contributed by atoms with E-state index in [0.717, 1.165) is 23.5 Å². The average molecular weight is 386 g/mol. The monoisotopic (exact) mass is 386 g/mol. The molecule has 0 amide bonds. The van der Waals surface area contributed by atoms with Crippen LogP contribution in [0.15, 0.2) is 83.3 Å². The van der Waals surface area contributed by atoms with Crippen LogP contribution in [0, 0.1) is 13.8 Å². The van der Waals surface area contributed by atoms with Crippen LogP contribution in [0.1, 0.15) is 27.8 Å². The fraction of sp³-hybridized carbons (Fsp3) is 0.103. The second-order valence-corrected chi connectivity index (χ2v) is 8.33. The normalized spacial score (nSPS) is 13.1. The summed E-state index contributed by atoms with van der Waals surface area (Å²) in [4.78, 5) is 0. The van der Waals surface area contributed by atoms with Crippen molar-refractivity contribution in [3.8, 4) is 22.6 Å². The highest BCUT2D eigenvalue weighted by Gasteiger charge is 2.27. The number of hydrogen-bond acceptors (Lipinski definition) is 1. The summed E-state index contributed by atoms with van der Waals surface area (Å²) < 4.78 is 6.66. The zero-order valence-electron chi connectivity index (χ0n) is 17.2. The van der Waals surface area contributed by atoms with E-state index in [-0.39, 0.29) is 0 Å². The van der Waals surface area contributed by atoms with Gasteiger partial charge in [-0.25, -0.2) is 0 Å². The topological polar surface area (TPSA) is 13.1 Å². The molecule has 0 atom stereocenters. The van der Waals surface area contributed by atoms with Gasteiger partial charge in [0.05, 0.1) is 0 Å². The summed E-state index contributed by atoms with van der Waals surface area (Å²) in [6.45, 7) is 4.31. The van der Waals surface area contributed by atoms with Crippen LogP contribution in [0.5, 0.6) is 0 Å². The van der Waals surface area contributed by atoms with Gasteiger partial charge in [-0.3, -0.25) is 0 Å². The lowest BCUT2D eigenvalue weighted by molar-refractivity contribution is 0.580. The van der Waals surface area contributed by atoms with Gasteiger partial charge in [0.25, 0.3) is 0 Å². The second-order valence-electron chi connectivity index (χ2n) is 8.33. The van der Waals surface area contributed by atoms with Crippen molar-refractivity contribution in [3.05, 3.63) is 107 Å². The largest absolute Gasteiger partial charge is 0.455 e. The summed E-state index contributed by atoms with van der Waals surface area (Å²) in [5, 5.41) is 2.55. The Bertz CT molecular complexity index is 1410. The van der Waals surface area contributed by atoms with E-state index in [1.807, 2.05) is 0 Å². The standard InChI is InChI=1S/C29H22O/c1-18-11-13-20(14-12-18)26-15-19(2)27-24-9-5-6-10-25(24)28(29(27)30-26)23-16-21-7-3-4-8-22(21)17-23/h3-16H,17H2,1-2H3. The van der Waals surface area contributed by atoms with Crippen LogP contribution in [0.3, 0.4) is 0 Å². The molecule has 30 heavy (non-hydrogen) atoms. The number of fused-ring (bicyclic) bond motifs is 4. The molecule has 0 bridgehead atoms. The molecule has 1 heteroatoms. The van der Waals surface area contributed by atoms with Gasteiger partial charge in [0, 0.05) is 16.7 Å². The summed E-state index contributed by atoms with van der Waals surface area (Å²) in [6.07, 6.45) is 3.28. The Hall–Kier alpha value is -3.58. The zero-order chi connectivity index (χ0) is 20.2. The first kappa shape index (κ1) is 17.3. The van der Waals surface area contributed by atoms with Crippen LogP contribution in [0.25, 0.3) is 45.1 Å². The van der Waals surface area contributed by atoms with Crippen LogP contribution >= 0.6 is 0 Å². The van der Waals surface area contributed by atoms with E-state index in [2.05, 4.69) is 98.8 Å². The summed E-state index contributed by atoms with van der Waals surface area (Å²) in [7, 11) is 0. The van der Waals surface area contributed by atoms with Crippen LogP contribution < -0.4 is 0 Å². The summed E-state index contributed by atoms with van der Waals surface area (Å²) >= 11 is 0. The van der Waals surface area contributed by atoms with Gasteiger partial charge < -0.3 is 4.42 Å². The molecule has 0 saturated carbocycles. The SMILES string of the molecule is Cc1ccc(-c2cc(C)c3c4ccccc4c(C4=Cc5ccccc5C4)c-3o2)cc1. The number of benzene rings is 3. The van der Waals surface area contributed by atoms with Gasteiger partial charge in [0.1, 0.15) is 11.5 Å². The van der Waals surface area contributed by atoms with Crippen molar-refractivity contribution in [1.82, 2.24) is 0 Å². The van der Waals surface area contributed by atoms with E-state index < -0.39 is 0 Å². The highest BCUT2D eigenvalue weighted by atomic mass is 16.3. The zero-order valence-corrected chi connectivity index (χ0v) is 17.2. The fourth-order valence-electron chi connectivity index (χ4n) is 4.81. The number of hydrogen-bond donors (Lipinski definition) is 0. The molecule has 1 nitrogen and oxygen atoms in total. The molecule has 3 aromatic rings. The molecule has 0 spiro atoms. The third-order valence-electron chi connectivity index (χ3n) is 6.30. The van der Waals surface area contributed by atoms with Crippen molar-refractivity contribution in [2.75, 3.05) is 0 Å². The quantitative estimate of drug-likeness (QED) is 0.300. The molecule has 3 aromatic carbocycles. The molecule has 144 valence electrons.